The Labute approximate surface area is 141 Å². The van der Waals surface area contributed by atoms with Gasteiger partial charge in [0.25, 0.3) is 10.0 Å². The fraction of sp³-hybridized carbons (Fsp3) is 0.312. The first-order valence-electron chi connectivity index (χ1n) is 7.66. The van der Waals surface area contributed by atoms with Crippen LogP contribution >= 0.6 is 0 Å². The second kappa shape index (κ2) is 6.52. The molecule has 0 radical (unpaired) electrons. The summed E-state index contributed by atoms with van der Waals surface area (Å²) in [5.41, 5.74) is 0.309. The zero-order chi connectivity index (χ0) is 17.2. The van der Waals surface area contributed by atoms with Gasteiger partial charge < -0.3 is 0 Å². The largest absolute Gasteiger partial charge is 0.280 e. The Bertz CT molecular complexity index is 902. The van der Waals surface area contributed by atoms with E-state index in [0.29, 0.717) is 18.5 Å². The lowest BCUT2D eigenvalue weighted by molar-refractivity contribution is 0.579. The molecular weight excluding hydrogens is 348 g/mol. The van der Waals surface area contributed by atoms with Gasteiger partial charge in [-0.3, -0.25) is 9.71 Å². The van der Waals surface area contributed by atoms with Gasteiger partial charge in [0.2, 0.25) is 0 Å². The summed E-state index contributed by atoms with van der Waals surface area (Å²) in [7, 11) is -7.08. The molecule has 1 heterocycles. The van der Waals surface area contributed by atoms with Crippen LogP contribution < -0.4 is 4.72 Å². The summed E-state index contributed by atoms with van der Waals surface area (Å²) in [6.45, 7) is 0. The van der Waals surface area contributed by atoms with Crippen molar-refractivity contribution in [2.75, 3.05) is 4.72 Å². The van der Waals surface area contributed by atoms with E-state index in [4.69, 9.17) is 0 Å². The van der Waals surface area contributed by atoms with Gasteiger partial charge in [0.05, 0.1) is 10.1 Å². The molecule has 1 aliphatic carbocycles. The standard InChI is InChI=1S/C16H18N2O4S2/c19-23(20,14-4-1-2-5-14)15-9-7-13(8-10-15)18-24(21,22)16-6-3-11-17-12-16/h3,6-12,14,18H,1-2,4-5H2. The number of rotatable bonds is 5. The molecule has 1 N–H and O–H groups in total. The van der Waals surface area contributed by atoms with Gasteiger partial charge in [0.15, 0.2) is 9.84 Å². The van der Waals surface area contributed by atoms with E-state index in [-0.39, 0.29) is 15.0 Å². The lowest BCUT2D eigenvalue weighted by atomic mass is 10.3. The van der Waals surface area contributed by atoms with Gasteiger partial charge in [-0.25, -0.2) is 16.8 Å². The maximum atomic E-state index is 12.5. The second-order valence-electron chi connectivity index (χ2n) is 5.77. The summed E-state index contributed by atoms with van der Waals surface area (Å²) in [4.78, 5) is 4.07. The molecule has 24 heavy (non-hydrogen) atoms. The van der Waals surface area contributed by atoms with Crippen LogP contribution in [0.5, 0.6) is 0 Å². The van der Waals surface area contributed by atoms with Crippen molar-refractivity contribution < 1.29 is 16.8 Å². The first-order chi connectivity index (χ1) is 11.4. The highest BCUT2D eigenvalue weighted by atomic mass is 32.2. The third-order valence-electron chi connectivity index (χ3n) is 4.12. The van der Waals surface area contributed by atoms with Crippen LogP contribution in [0.25, 0.3) is 0 Å². The summed E-state index contributed by atoms with van der Waals surface area (Å²) in [6.07, 6.45) is 6.00. The summed E-state index contributed by atoms with van der Waals surface area (Å²) < 4.78 is 51.9. The maximum Gasteiger partial charge on any atom is 0.263 e. The number of nitrogens with one attached hydrogen (secondary N) is 1. The first-order valence-corrected chi connectivity index (χ1v) is 10.7. The predicted octanol–water partition coefficient (Wildman–Crippen LogP) is 2.60. The van der Waals surface area contributed by atoms with Crippen LogP contribution in [0.2, 0.25) is 0 Å². The van der Waals surface area contributed by atoms with Crippen molar-refractivity contribution in [1.82, 2.24) is 4.98 Å². The molecule has 8 heteroatoms. The monoisotopic (exact) mass is 366 g/mol. The van der Waals surface area contributed by atoms with Gasteiger partial charge in [-0.1, -0.05) is 12.8 Å². The Hall–Kier alpha value is -1.93. The third kappa shape index (κ3) is 3.44. The van der Waals surface area contributed by atoms with E-state index < -0.39 is 19.9 Å². The van der Waals surface area contributed by atoms with E-state index in [9.17, 15) is 16.8 Å². The maximum absolute atomic E-state index is 12.5. The zero-order valence-corrected chi connectivity index (χ0v) is 14.6. The topological polar surface area (TPSA) is 93.2 Å². The van der Waals surface area contributed by atoms with E-state index in [1.165, 1.54) is 48.8 Å². The molecular formula is C16H18N2O4S2. The van der Waals surface area contributed by atoms with E-state index in [2.05, 4.69) is 9.71 Å². The van der Waals surface area contributed by atoms with Gasteiger partial charge in [0.1, 0.15) is 4.90 Å². The van der Waals surface area contributed by atoms with Gasteiger partial charge >= 0.3 is 0 Å². The molecule has 2 aromatic rings. The molecule has 1 saturated carbocycles. The predicted molar refractivity (Wildman–Crippen MR) is 90.9 cm³/mol. The van der Waals surface area contributed by atoms with Crippen molar-refractivity contribution in [2.45, 2.75) is 40.7 Å². The summed E-state index contributed by atoms with van der Waals surface area (Å²) in [5.74, 6) is 0. The van der Waals surface area contributed by atoms with Crippen LogP contribution in [-0.2, 0) is 19.9 Å². The fourth-order valence-corrected chi connectivity index (χ4v) is 5.70. The van der Waals surface area contributed by atoms with Gasteiger partial charge in [0, 0.05) is 18.1 Å². The molecule has 1 fully saturated rings. The zero-order valence-electron chi connectivity index (χ0n) is 12.9. The van der Waals surface area contributed by atoms with E-state index in [1.807, 2.05) is 0 Å². The Balaban J connectivity index is 1.80. The number of hydrogen-bond acceptors (Lipinski definition) is 5. The molecule has 128 valence electrons. The molecule has 0 bridgehead atoms. The van der Waals surface area contributed by atoms with Crippen LogP contribution in [0, 0.1) is 0 Å². The molecule has 1 aromatic carbocycles. The molecule has 1 aromatic heterocycles. The average molecular weight is 366 g/mol. The Morgan fingerprint density at radius 1 is 0.917 bits per heavy atom. The Kier molecular flexibility index (Phi) is 4.60. The minimum absolute atomic E-state index is 0.0488. The molecule has 0 atom stereocenters. The van der Waals surface area contributed by atoms with E-state index >= 15 is 0 Å². The summed E-state index contributed by atoms with van der Waals surface area (Å²) in [5, 5.41) is -0.324. The lowest BCUT2D eigenvalue weighted by Gasteiger charge is -2.12. The van der Waals surface area contributed by atoms with Crippen molar-refractivity contribution in [3.8, 4) is 0 Å². The van der Waals surface area contributed by atoms with Gasteiger partial charge in [-0.15, -0.1) is 0 Å². The molecule has 0 aliphatic heterocycles. The third-order valence-corrected chi connectivity index (χ3v) is 7.77. The quantitative estimate of drug-likeness (QED) is 0.878. The van der Waals surface area contributed by atoms with Crippen LogP contribution in [0.3, 0.4) is 0 Å². The molecule has 0 unspecified atom stereocenters. The highest BCUT2D eigenvalue weighted by Gasteiger charge is 2.30. The Morgan fingerprint density at radius 3 is 2.17 bits per heavy atom. The number of nitrogens with zero attached hydrogens (tertiary/aromatic N) is 1. The summed E-state index contributed by atoms with van der Waals surface area (Å²) in [6, 6.07) is 8.81. The van der Waals surface area contributed by atoms with E-state index in [1.54, 1.807) is 0 Å². The molecule has 0 spiro atoms. The normalized spacial score (nSPS) is 16.2. The molecule has 1 aliphatic rings. The van der Waals surface area contributed by atoms with Crippen molar-refractivity contribution in [1.29, 1.82) is 0 Å². The number of pyridine rings is 1. The highest BCUT2D eigenvalue weighted by Crippen LogP contribution is 2.30. The fourth-order valence-electron chi connectivity index (χ4n) is 2.82. The average Bonchev–Trinajstić information content (AvgIpc) is 3.11. The van der Waals surface area contributed by atoms with Crippen molar-refractivity contribution in [3.63, 3.8) is 0 Å². The second-order valence-corrected chi connectivity index (χ2v) is 9.68. The smallest absolute Gasteiger partial charge is 0.263 e. The van der Waals surface area contributed by atoms with Gasteiger partial charge in [-0.05, 0) is 49.2 Å². The minimum atomic E-state index is -3.74. The molecule has 6 nitrogen and oxygen atoms in total. The van der Waals surface area contributed by atoms with Crippen LogP contribution in [0.15, 0.2) is 58.6 Å². The number of sulfone groups is 1. The Morgan fingerprint density at radius 2 is 1.58 bits per heavy atom. The lowest BCUT2D eigenvalue weighted by Crippen LogP contribution is -2.18. The molecule has 3 rings (SSSR count). The van der Waals surface area contributed by atoms with Crippen LogP contribution in [-0.4, -0.2) is 27.1 Å². The summed E-state index contributed by atoms with van der Waals surface area (Å²) >= 11 is 0. The SMILES string of the molecule is O=S(=O)(Nc1ccc(S(=O)(=O)C2CCCC2)cc1)c1cccnc1. The van der Waals surface area contributed by atoms with E-state index in [0.717, 1.165) is 12.8 Å². The minimum Gasteiger partial charge on any atom is -0.280 e. The van der Waals surface area contributed by atoms with Crippen LogP contribution in [0.4, 0.5) is 5.69 Å². The van der Waals surface area contributed by atoms with Gasteiger partial charge in [-0.2, -0.15) is 0 Å². The molecule has 0 amide bonds. The van der Waals surface area contributed by atoms with Crippen LogP contribution in [0.1, 0.15) is 25.7 Å². The number of sulfonamides is 1. The first kappa shape index (κ1) is 16.9. The van der Waals surface area contributed by atoms with Crippen molar-refractivity contribution in [3.05, 3.63) is 48.8 Å². The number of benzene rings is 1. The molecule has 0 saturated heterocycles. The van der Waals surface area contributed by atoms with Crippen molar-refractivity contribution in [2.24, 2.45) is 0 Å². The number of anilines is 1. The van der Waals surface area contributed by atoms with Crippen molar-refractivity contribution >= 4 is 25.5 Å². The number of hydrogen-bond donors (Lipinski definition) is 1. The number of aromatic nitrogens is 1. The highest BCUT2D eigenvalue weighted by molar-refractivity contribution is 7.92.